The van der Waals surface area contributed by atoms with E-state index in [0.29, 0.717) is 0 Å². The predicted octanol–water partition coefficient (Wildman–Crippen LogP) is 3.93. The summed E-state index contributed by atoms with van der Waals surface area (Å²) in [4.78, 5) is 1.31. The third kappa shape index (κ3) is 1.13. The van der Waals surface area contributed by atoms with Crippen LogP contribution in [0.15, 0.2) is 23.6 Å². The quantitative estimate of drug-likeness (QED) is 0.647. The normalized spacial score (nSPS) is 10.8. The van der Waals surface area contributed by atoms with Crippen LogP contribution in [0.25, 0.3) is 10.8 Å². The molecule has 12 heavy (non-hydrogen) atoms. The fourth-order valence-corrected chi connectivity index (χ4v) is 2.52. The standard InChI is InChI=1S/C10H8ClS/c1-2-10-7-4-3-5-9(11)8(7)6-12-10/h3-6H,1-2H2. The predicted molar refractivity (Wildman–Crippen MR) is 55.9 cm³/mol. The molecule has 0 saturated carbocycles. The number of thiophene rings is 1. The van der Waals surface area contributed by atoms with E-state index in [1.54, 1.807) is 11.3 Å². The second-order valence-corrected chi connectivity index (χ2v) is 3.98. The van der Waals surface area contributed by atoms with Gasteiger partial charge in [0.2, 0.25) is 0 Å². The molecule has 0 N–H and O–H groups in total. The van der Waals surface area contributed by atoms with Crippen molar-refractivity contribution < 1.29 is 0 Å². The number of rotatable bonds is 1. The molecule has 0 saturated heterocycles. The molecule has 1 heterocycles. The zero-order valence-corrected chi connectivity index (χ0v) is 8.08. The van der Waals surface area contributed by atoms with Gasteiger partial charge in [0.25, 0.3) is 0 Å². The first-order valence-corrected chi connectivity index (χ1v) is 5.02. The van der Waals surface area contributed by atoms with Crippen molar-refractivity contribution in [3.63, 3.8) is 0 Å². The second kappa shape index (κ2) is 3.08. The van der Waals surface area contributed by atoms with Gasteiger partial charge in [0.1, 0.15) is 0 Å². The van der Waals surface area contributed by atoms with Crippen LogP contribution in [-0.2, 0) is 6.42 Å². The smallest absolute Gasteiger partial charge is 0.0492 e. The lowest BCUT2D eigenvalue weighted by Gasteiger charge is -1.94. The van der Waals surface area contributed by atoms with Crippen molar-refractivity contribution in [3.8, 4) is 0 Å². The van der Waals surface area contributed by atoms with Gasteiger partial charge in [-0.3, -0.25) is 0 Å². The molecule has 0 atom stereocenters. The zero-order valence-electron chi connectivity index (χ0n) is 6.51. The van der Waals surface area contributed by atoms with Gasteiger partial charge in [0.15, 0.2) is 0 Å². The molecule has 2 rings (SSSR count). The lowest BCUT2D eigenvalue weighted by molar-refractivity contribution is 1.37. The molecule has 0 spiro atoms. The molecule has 0 aliphatic carbocycles. The van der Waals surface area contributed by atoms with E-state index >= 15 is 0 Å². The molecule has 0 unspecified atom stereocenters. The van der Waals surface area contributed by atoms with Crippen molar-refractivity contribution in [2.45, 2.75) is 6.42 Å². The highest BCUT2D eigenvalue weighted by Gasteiger charge is 2.03. The maximum atomic E-state index is 6.01. The van der Waals surface area contributed by atoms with E-state index < -0.39 is 0 Å². The van der Waals surface area contributed by atoms with Gasteiger partial charge in [0, 0.05) is 20.7 Å². The van der Waals surface area contributed by atoms with Gasteiger partial charge >= 0.3 is 0 Å². The van der Waals surface area contributed by atoms with Crippen LogP contribution in [0.3, 0.4) is 0 Å². The summed E-state index contributed by atoms with van der Waals surface area (Å²) >= 11 is 7.74. The Hall–Kier alpha value is -0.530. The van der Waals surface area contributed by atoms with Crippen LogP contribution >= 0.6 is 22.9 Å². The summed E-state index contributed by atoms with van der Waals surface area (Å²) in [5.41, 5.74) is 0. The summed E-state index contributed by atoms with van der Waals surface area (Å²) < 4.78 is 0. The van der Waals surface area contributed by atoms with Crippen LogP contribution in [0.2, 0.25) is 5.02 Å². The fourth-order valence-electron chi connectivity index (χ4n) is 1.29. The average Bonchev–Trinajstić information content (AvgIpc) is 2.49. The van der Waals surface area contributed by atoms with Crippen molar-refractivity contribution in [1.82, 2.24) is 0 Å². The molecule has 0 aliphatic rings. The van der Waals surface area contributed by atoms with Gasteiger partial charge in [-0.1, -0.05) is 23.7 Å². The van der Waals surface area contributed by atoms with Crippen molar-refractivity contribution in [3.05, 3.63) is 40.4 Å². The third-order valence-electron chi connectivity index (χ3n) is 1.90. The average molecular weight is 196 g/mol. The van der Waals surface area contributed by atoms with Gasteiger partial charge in [0.05, 0.1) is 0 Å². The largest absolute Gasteiger partial charge is 0.148 e. The van der Waals surface area contributed by atoms with Crippen molar-refractivity contribution >= 4 is 33.7 Å². The number of halogens is 1. The van der Waals surface area contributed by atoms with E-state index in [4.69, 9.17) is 11.6 Å². The highest BCUT2D eigenvalue weighted by atomic mass is 35.5. The Kier molecular flexibility index (Phi) is 2.07. The molecule has 0 fully saturated rings. The van der Waals surface area contributed by atoms with Gasteiger partial charge in [-0.05, 0) is 24.8 Å². The lowest BCUT2D eigenvalue weighted by Crippen LogP contribution is -1.73. The molecule has 2 heteroatoms. The van der Waals surface area contributed by atoms with Crippen molar-refractivity contribution in [2.24, 2.45) is 0 Å². The van der Waals surface area contributed by atoms with Gasteiger partial charge in [-0.15, -0.1) is 11.3 Å². The van der Waals surface area contributed by atoms with Crippen LogP contribution < -0.4 is 0 Å². The minimum Gasteiger partial charge on any atom is -0.148 e. The van der Waals surface area contributed by atoms with E-state index in [9.17, 15) is 0 Å². The molecule has 0 nitrogen and oxygen atoms in total. The molecule has 1 radical (unpaired) electrons. The minimum absolute atomic E-state index is 0.837. The van der Waals surface area contributed by atoms with E-state index in [0.717, 1.165) is 16.8 Å². The summed E-state index contributed by atoms with van der Waals surface area (Å²) in [6.07, 6.45) is 0.842. The Balaban J connectivity index is 2.80. The first-order chi connectivity index (χ1) is 5.83. The summed E-state index contributed by atoms with van der Waals surface area (Å²) in [5, 5.41) is 5.34. The molecule has 61 valence electrons. The maximum absolute atomic E-state index is 6.01. The van der Waals surface area contributed by atoms with Crippen LogP contribution in [0.4, 0.5) is 0 Å². The Morgan fingerprint density at radius 1 is 1.33 bits per heavy atom. The fraction of sp³-hybridized carbons (Fsp3) is 0.100. The van der Waals surface area contributed by atoms with Crippen LogP contribution in [0.5, 0.6) is 0 Å². The number of hydrogen-bond acceptors (Lipinski definition) is 1. The van der Waals surface area contributed by atoms with Crippen molar-refractivity contribution in [1.29, 1.82) is 0 Å². The van der Waals surface area contributed by atoms with Gasteiger partial charge in [-0.25, -0.2) is 0 Å². The van der Waals surface area contributed by atoms with Crippen LogP contribution in [-0.4, -0.2) is 0 Å². The molecule has 0 bridgehead atoms. The van der Waals surface area contributed by atoms with Crippen LogP contribution in [0.1, 0.15) is 4.88 Å². The Bertz CT molecular complexity index is 403. The molecule has 1 aromatic carbocycles. The number of hydrogen-bond donors (Lipinski definition) is 0. The molecular formula is C10H8ClS. The van der Waals surface area contributed by atoms with E-state index in [1.165, 1.54) is 10.3 Å². The molecule has 0 aliphatic heterocycles. The zero-order chi connectivity index (χ0) is 8.55. The van der Waals surface area contributed by atoms with Crippen molar-refractivity contribution in [2.75, 3.05) is 0 Å². The molecule has 0 amide bonds. The van der Waals surface area contributed by atoms with Crippen LogP contribution in [0, 0.1) is 6.92 Å². The monoisotopic (exact) mass is 195 g/mol. The highest BCUT2D eigenvalue weighted by molar-refractivity contribution is 7.11. The van der Waals surface area contributed by atoms with E-state index in [-0.39, 0.29) is 0 Å². The topological polar surface area (TPSA) is 0 Å². The summed E-state index contributed by atoms with van der Waals surface area (Å²) in [7, 11) is 0. The summed E-state index contributed by atoms with van der Waals surface area (Å²) in [5.74, 6) is 0. The Morgan fingerprint density at radius 3 is 2.92 bits per heavy atom. The summed E-state index contributed by atoms with van der Waals surface area (Å²) in [6, 6.07) is 6.00. The molecule has 2 aromatic rings. The van der Waals surface area contributed by atoms with Gasteiger partial charge < -0.3 is 0 Å². The van der Waals surface area contributed by atoms with E-state index in [1.807, 2.05) is 12.1 Å². The minimum atomic E-state index is 0.837. The highest BCUT2D eigenvalue weighted by Crippen LogP contribution is 2.31. The SMILES string of the molecule is [CH2]Cc1scc2c(Cl)cccc12. The van der Waals surface area contributed by atoms with Gasteiger partial charge in [-0.2, -0.15) is 0 Å². The maximum Gasteiger partial charge on any atom is 0.0492 e. The second-order valence-electron chi connectivity index (χ2n) is 2.61. The third-order valence-corrected chi connectivity index (χ3v) is 3.29. The number of fused-ring (bicyclic) bond motifs is 1. The number of benzene rings is 1. The summed E-state index contributed by atoms with van der Waals surface area (Å²) in [6.45, 7) is 3.88. The first-order valence-electron chi connectivity index (χ1n) is 3.77. The lowest BCUT2D eigenvalue weighted by atomic mass is 10.2. The molecular weight excluding hydrogens is 188 g/mol. The Morgan fingerprint density at radius 2 is 2.17 bits per heavy atom. The van der Waals surface area contributed by atoms with E-state index in [2.05, 4.69) is 18.4 Å². The molecule has 1 aromatic heterocycles. The Labute approximate surface area is 80.8 Å². The first kappa shape index (κ1) is 8.09.